The second-order valence-electron chi connectivity index (χ2n) is 6.05. The molecule has 1 saturated carbocycles. The van der Waals surface area contributed by atoms with Gasteiger partial charge in [-0.15, -0.1) is 11.3 Å². The van der Waals surface area contributed by atoms with Crippen LogP contribution in [0.4, 0.5) is 10.8 Å². The van der Waals surface area contributed by atoms with Gasteiger partial charge in [0, 0.05) is 28.7 Å². The summed E-state index contributed by atoms with van der Waals surface area (Å²) in [6.45, 7) is 0. The summed E-state index contributed by atoms with van der Waals surface area (Å²) in [5, 5.41) is 8.01. The second-order valence-corrected chi connectivity index (χ2v) is 6.91. The maximum absolute atomic E-state index is 12.4. The van der Waals surface area contributed by atoms with Gasteiger partial charge in [-0.3, -0.25) is 19.9 Å². The van der Waals surface area contributed by atoms with E-state index in [0.717, 1.165) is 24.2 Å². The van der Waals surface area contributed by atoms with Crippen molar-refractivity contribution in [2.24, 2.45) is 5.92 Å². The minimum atomic E-state index is -0.244. The number of hydrogen-bond acceptors (Lipinski definition) is 5. The number of rotatable bonds is 5. The second kappa shape index (κ2) is 7.05. The lowest BCUT2D eigenvalue weighted by molar-refractivity contribution is -0.117. The van der Waals surface area contributed by atoms with Crippen LogP contribution in [0, 0.1) is 5.92 Å². The monoisotopic (exact) mass is 364 g/mol. The Balaban J connectivity index is 1.40. The standard InChI is InChI=1S/C19H16N4O2S/c24-17(12-4-5-12)21-14-8-6-13(7-9-14)18(25)23-19-22-16(11-26-19)15-3-1-2-10-20-15/h1-3,6-12H,4-5H2,(H,21,24)(H,22,23,25). The summed E-state index contributed by atoms with van der Waals surface area (Å²) >= 11 is 1.35. The van der Waals surface area contributed by atoms with Crippen molar-refractivity contribution in [1.29, 1.82) is 0 Å². The average molecular weight is 364 g/mol. The van der Waals surface area contributed by atoms with E-state index in [1.165, 1.54) is 11.3 Å². The summed E-state index contributed by atoms with van der Waals surface area (Å²) in [4.78, 5) is 32.8. The molecular formula is C19H16N4O2S. The van der Waals surface area contributed by atoms with Crippen LogP contribution in [0.1, 0.15) is 23.2 Å². The zero-order valence-electron chi connectivity index (χ0n) is 13.8. The van der Waals surface area contributed by atoms with E-state index in [9.17, 15) is 9.59 Å². The number of hydrogen-bond donors (Lipinski definition) is 2. The number of anilines is 2. The smallest absolute Gasteiger partial charge is 0.257 e. The van der Waals surface area contributed by atoms with Crippen molar-refractivity contribution in [2.75, 3.05) is 10.6 Å². The van der Waals surface area contributed by atoms with Gasteiger partial charge in [-0.1, -0.05) is 6.07 Å². The number of pyridine rings is 1. The molecule has 0 spiro atoms. The maximum Gasteiger partial charge on any atom is 0.257 e. The molecule has 2 N–H and O–H groups in total. The number of carbonyl (C=O) groups excluding carboxylic acids is 2. The van der Waals surface area contributed by atoms with E-state index < -0.39 is 0 Å². The Morgan fingerprint density at radius 1 is 1.00 bits per heavy atom. The minimum absolute atomic E-state index is 0.0482. The molecule has 0 radical (unpaired) electrons. The largest absolute Gasteiger partial charge is 0.326 e. The Morgan fingerprint density at radius 3 is 2.50 bits per heavy atom. The molecule has 130 valence electrons. The molecule has 2 heterocycles. The fourth-order valence-electron chi connectivity index (χ4n) is 2.43. The quantitative estimate of drug-likeness (QED) is 0.721. The van der Waals surface area contributed by atoms with Crippen LogP contribution in [0.2, 0.25) is 0 Å². The van der Waals surface area contributed by atoms with Gasteiger partial charge in [-0.25, -0.2) is 4.98 Å². The van der Waals surface area contributed by atoms with Crippen LogP contribution in [0.25, 0.3) is 11.4 Å². The van der Waals surface area contributed by atoms with Crippen molar-refractivity contribution in [2.45, 2.75) is 12.8 Å². The molecule has 0 aliphatic heterocycles. The van der Waals surface area contributed by atoms with Gasteiger partial charge < -0.3 is 5.32 Å². The van der Waals surface area contributed by atoms with Gasteiger partial charge in [0.05, 0.1) is 5.69 Å². The first-order valence-corrected chi connectivity index (χ1v) is 9.16. The number of benzene rings is 1. The highest BCUT2D eigenvalue weighted by atomic mass is 32.1. The van der Waals surface area contributed by atoms with Gasteiger partial charge in [-0.05, 0) is 49.2 Å². The lowest BCUT2D eigenvalue weighted by Crippen LogP contribution is -2.14. The molecule has 1 aromatic carbocycles. The zero-order valence-corrected chi connectivity index (χ0v) is 14.6. The summed E-state index contributed by atoms with van der Waals surface area (Å²) in [6.07, 6.45) is 3.62. The predicted molar refractivity (Wildman–Crippen MR) is 101 cm³/mol. The number of carbonyl (C=O) groups is 2. The Hall–Kier alpha value is -3.06. The first-order chi connectivity index (χ1) is 12.7. The van der Waals surface area contributed by atoms with E-state index in [0.29, 0.717) is 16.4 Å². The number of amides is 2. The molecule has 2 aromatic heterocycles. The molecule has 0 bridgehead atoms. The summed E-state index contributed by atoms with van der Waals surface area (Å²) < 4.78 is 0. The Labute approximate surface area is 154 Å². The third kappa shape index (κ3) is 3.78. The van der Waals surface area contributed by atoms with Crippen LogP contribution in [-0.2, 0) is 4.79 Å². The molecule has 0 unspecified atom stereocenters. The van der Waals surface area contributed by atoms with Crippen LogP contribution in [0.5, 0.6) is 0 Å². The summed E-state index contributed by atoms with van der Waals surface area (Å²) in [6, 6.07) is 12.4. The van der Waals surface area contributed by atoms with Crippen LogP contribution in [0.15, 0.2) is 54.0 Å². The predicted octanol–water partition coefficient (Wildman–Crippen LogP) is 3.81. The first kappa shape index (κ1) is 16.4. The molecule has 1 aliphatic rings. The lowest BCUT2D eigenvalue weighted by Gasteiger charge is -2.06. The van der Waals surface area contributed by atoms with Crippen molar-refractivity contribution in [1.82, 2.24) is 9.97 Å². The SMILES string of the molecule is O=C(Nc1nc(-c2ccccn2)cs1)c1ccc(NC(=O)C2CC2)cc1. The molecule has 26 heavy (non-hydrogen) atoms. The highest BCUT2D eigenvalue weighted by Crippen LogP contribution is 2.30. The van der Waals surface area contributed by atoms with Gasteiger partial charge in [0.1, 0.15) is 5.69 Å². The molecule has 2 amide bonds. The highest BCUT2D eigenvalue weighted by molar-refractivity contribution is 7.14. The van der Waals surface area contributed by atoms with Gasteiger partial charge in [0.15, 0.2) is 5.13 Å². The zero-order chi connectivity index (χ0) is 17.9. The molecule has 1 fully saturated rings. The molecule has 1 aliphatic carbocycles. The van der Waals surface area contributed by atoms with E-state index >= 15 is 0 Å². The number of nitrogens with one attached hydrogen (secondary N) is 2. The number of aromatic nitrogens is 2. The molecular weight excluding hydrogens is 348 g/mol. The fraction of sp³-hybridized carbons (Fsp3) is 0.158. The summed E-state index contributed by atoms with van der Waals surface area (Å²) in [5.74, 6) is -0.0461. The fourth-order valence-corrected chi connectivity index (χ4v) is 3.13. The van der Waals surface area contributed by atoms with E-state index in [-0.39, 0.29) is 17.7 Å². The Kier molecular flexibility index (Phi) is 4.45. The van der Waals surface area contributed by atoms with Crippen molar-refractivity contribution in [3.8, 4) is 11.4 Å². The Bertz CT molecular complexity index is 934. The third-order valence-electron chi connectivity index (χ3n) is 4.01. The highest BCUT2D eigenvalue weighted by Gasteiger charge is 2.29. The molecule has 0 atom stereocenters. The van der Waals surface area contributed by atoms with Crippen LogP contribution < -0.4 is 10.6 Å². The van der Waals surface area contributed by atoms with Gasteiger partial charge in [0.25, 0.3) is 5.91 Å². The van der Waals surface area contributed by atoms with E-state index in [2.05, 4.69) is 20.6 Å². The molecule has 7 heteroatoms. The van der Waals surface area contributed by atoms with E-state index in [1.807, 2.05) is 23.6 Å². The summed E-state index contributed by atoms with van der Waals surface area (Å²) in [5.41, 5.74) is 2.69. The van der Waals surface area contributed by atoms with Crippen molar-refractivity contribution < 1.29 is 9.59 Å². The van der Waals surface area contributed by atoms with Crippen molar-refractivity contribution in [3.63, 3.8) is 0 Å². The number of nitrogens with zero attached hydrogens (tertiary/aromatic N) is 2. The maximum atomic E-state index is 12.4. The minimum Gasteiger partial charge on any atom is -0.326 e. The first-order valence-electron chi connectivity index (χ1n) is 8.28. The van der Waals surface area contributed by atoms with E-state index in [4.69, 9.17) is 0 Å². The van der Waals surface area contributed by atoms with Crippen LogP contribution in [-0.4, -0.2) is 21.8 Å². The summed E-state index contributed by atoms with van der Waals surface area (Å²) in [7, 11) is 0. The van der Waals surface area contributed by atoms with Crippen LogP contribution in [0.3, 0.4) is 0 Å². The normalized spacial score (nSPS) is 13.2. The van der Waals surface area contributed by atoms with Gasteiger partial charge >= 0.3 is 0 Å². The van der Waals surface area contributed by atoms with Gasteiger partial charge in [-0.2, -0.15) is 0 Å². The molecule has 3 aromatic rings. The van der Waals surface area contributed by atoms with Crippen molar-refractivity contribution in [3.05, 3.63) is 59.6 Å². The number of thiazole rings is 1. The molecule has 6 nitrogen and oxygen atoms in total. The average Bonchev–Trinajstić information content (AvgIpc) is 3.43. The van der Waals surface area contributed by atoms with Crippen LogP contribution >= 0.6 is 11.3 Å². The Morgan fingerprint density at radius 2 is 1.81 bits per heavy atom. The topological polar surface area (TPSA) is 84.0 Å². The van der Waals surface area contributed by atoms with Crippen molar-refractivity contribution >= 4 is 34.0 Å². The molecule has 0 saturated heterocycles. The van der Waals surface area contributed by atoms with Gasteiger partial charge in [0.2, 0.25) is 5.91 Å². The molecule has 4 rings (SSSR count). The lowest BCUT2D eigenvalue weighted by atomic mass is 10.2. The third-order valence-corrected chi connectivity index (χ3v) is 4.77. The van der Waals surface area contributed by atoms with E-state index in [1.54, 1.807) is 30.5 Å².